The number of amidine groups is 1. The second kappa shape index (κ2) is 13.1. The van der Waals surface area contributed by atoms with E-state index in [0.29, 0.717) is 24.7 Å². The van der Waals surface area contributed by atoms with E-state index in [0.717, 1.165) is 5.56 Å². The Bertz CT molecular complexity index is 1030. The molecule has 2 aromatic carbocycles. The summed E-state index contributed by atoms with van der Waals surface area (Å²) < 4.78 is 22.0. The second-order valence-electron chi connectivity index (χ2n) is 8.70. The van der Waals surface area contributed by atoms with Crippen LogP contribution in [-0.2, 0) is 16.1 Å². The van der Waals surface area contributed by atoms with Gasteiger partial charge in [-0.2, -0.15) is 0 Å². The minimum absolute atomic E-state index is 0.225. The molecule has 0 aliphatic rings. The van der Waals surface area contributed by atoms with Crippen LogP contribution in [0.4, 0.5) is 4.79 Å². The zero-order chi connectivity index (χ0) is 25.8. The maximum atomic E-state index is 12.8. The van der Waals surface area contributed by atoms with Crippen molar-refractivity contribution in [2.75, 3.05) is 13.7 Å². The van der Waals surface area contributed by atoms with Gasteiger partial charge in [0, 0.05) is 24.9 Å². The number of ether oxygens (including phenoxy) is 4. The van der Waals surface area contributed by atoms with Crippen LogP contribution in [0.3, 0.4) is 0 Å². The second-order valence-corrected chi connectivity index (χ2v) is 8.70. The van der Waals surface area contributed by atoms with Crippen LogP contribution >= 0.6 is 0 Å². The molecule has 2 aromatic rings. The molecule has 188 valence electrons. The van der Waals surface area contributed by atoms with Crippen molar-refractivity contribution in [3.8, 4) is 11.5 Å². The Kier molecular flexibility index (Phi) is 10.3. The molecule has 1 atom stereocenters. The van der Waals surface area contributed by atoms with Gasteiger partial charge >= 0.3 is 6.09 Å². The van der Waals surface area contributed by atoms with Crippen molar-refractivity contribution >= 4 is 17.8 Å². The number of amides is 2. The van der Waals surface area contributed by atoms with Gasteiger partial charge in [-0.1, -0.05) is 30.3 Å². The van der Waals surface area contributed by atoms with Gasteiger partial charge in [-0.15, -0.1) is 0 Å². The van der Waals surface area contributed by atoms with Gasteiger partial charge in [-0.25, -0.2) is 4.79 Å². The molecule has 3 N–H and O–H groups in total. The highest BCUT2D eigenvalue weighted by atomic mass is 16.6. The first-order valence-corrected chi connectivity index (χ1v) is 11.1. The van der Waals surface area contributed by atoms with Gasteiger partial charge in [0.2, 0.25) is 0 Å². The van der Waals surface area contributed by atoms with E-state index < -0.39 is 17.6 Å². The van der Waals surface area contributed by atoms with Crippen LogP contribution in [0, 0.1) is 5.41 Å². The van der Waals surface area contributed by atoms with E-state index in [4.69, 9.17) is 24.4 Å². The first-order chi connectivity index (χ1) is 16.6. The SMILES string of the molecule is COC[C@H](C)Oc1cc(OCc2ccccc2)cc(C(=O)NC(=N)/C=C\NC(=O)OC(C)(C)C)c1. The van der Waals surface area contributed by atoms with Crippen molar-refractivity contribution in [2.45, 2.75) is 46.0 Å². The van der Waals surface area contributed by atoms with Crippen molar-refractivity contribution in [3.05, 3.63) is 71.9 Å². The van der Waals surface area contributed by atoms with Crippen molar-refractivity contribution < 1.29 is 28.5 Å². The minimum Gasteiger partial charge on any atom is -0.489 e. The summed E-state index contributed by atoms with van der Waals surface area (Å²) in [6.07, 6.45) is 1.54. The van der Waals surface area contributed by atoms with Crippen molar-refractivity contribution in [1.82, 2.24) is 10.6 Å². The third kappa shape index (κ3) is 10.7. The summed E-state index contributed by atoms with van der Waals surface area (Å²) in [6, 6.07) is 14.5. The molecule has 0 spiro atoms. The van der Waals surface area contributed by atoms with E-state index >= 15 is 0 Å². The van der Waals surface area contributed by atoms with Crippen molar-refractivity contribution in [2.24, 2.45) is 0 Å². The lowest BCUT2D eigenvalue weighted by Gasteiger charge is -2.18. The Labute approximate surface area is 205 Å². The maximum Gasteiger partial charge on any atom is 0.411 e. The third-order valence-corrected chi connectivity index (χ3v) is 4.23. The normalized spacial score (nSPS) is 12.0. The molecule has 0 radical (unpaired) electrons. The van der Waals surface area contributed by atoms with E-state index in [9.17, 15) is 9.59 Å². The molecule has 35 heavy (non-hydrogen) atoms. The Morgan fingerprint density at radius 1 is 1.09 bits per heavy atom. The molecule has 9 heteroatoms. The molecule has 2 amide bonds. The number of alkyl carbamates (subject to hydrolysis) is 1. The summed E-state index contributed by atoms with van der Waals surface area (Å²) >= 11 is 0. The average Bonchev–Trinajstić information content (AvgIpc) is 2.77. The largest absolute Gasteiger partial charge is 0.489 e. The molecule has 0 aliphatic heterocycles. The molecule has 0 aliphatic carbocycles. The first kappa shape index (κ1) is 27.4. The van der Waals surface area contributed by atoms with E-state index in [2.05, 4.69) is 10.6 Å². The molecule has 0 heterocycles. The fraction of sp³-hybridized carbons (Fsp3) is 0.346. The molecule has 0 saturated heterocycles. The zero-order valence-corrected chi connectivity index (χ0v) is 20.7. The molecule has 2 rings (SSSR count). The summed E-state index contributed by atoms with van der Waals surface area (Å²) in [7, 11) is 1.58. The van der Waals surface area contributed by atoms with Gasteiger partial charge in [-0.3, -0.25) is 15.5 Å². The van der Waals surface area contributed by atoms with Crippen LogP contribution < -0.4 is 20.1 Å². The van der Waals surface area contributed by atoms with Gasteiger partial charge in [0.05, 0.1) is 6.61 Å². The molecule has 0 saturated carbocycles. The number of nitrogens with one attached hydrogen (secondary N) is 3. The van der Waals surface area contributed by atoms with E-state index in [1.54, 1.807) is 46.1 Å². The van der Waals surface area contributed by atoms with Gasteiger partial charge in [-0.05, 0) is 51.5 Å². The standard InChI is InChI=1S/C26H33N3O6/c1-18(16-32-5)34-22-14-20(13-21(15-22)33-17-19-9-7-6-8-10-19)24(30)29-23(27)11-12-28-25(31)35-26(2,3)4/h6-15,18H,16-17H2,1-5H3,(H,28,31)(H2,27,29,30)/b12-11-/t18-/m0/s1. The number of carbonyl (C=O) groups excluding carboxylic acids is 2. The third-order valence-electron chi connectivity index (χ3n) is 4.23. The van der Waals surface area contributed by atoms with Crippen LogP contribution in [-0.4, -0.2) is 43.3 Å². The summed E-state index contributed by atoms with van der Waals surface area (Å²) in [6.45, 7) is 7.75. The molecular formula is C26H33N3O6. The summed E-state index contributed by atoms with van der Waals surface area (Å²) in [5.74, 6) is 0.108. The number of benzene rings is 2. The van der Waals surface area contributed by atoms with Gasteiger partial charge in [0.25, 0.3) is 5.91 Å². The monoisotopic (exact) mass is 483 g/mol. The highest BCUT2D eigenvalue weighted by Crippen LogP contribution is 2.25. The summed E-state index contributed by atoms with van der Waals surface area (Å²) in [4.78, 5) is 24.5. The lowest BCUT2D eigenvalue weighted by molar-refractivity contribution is 0.0552. The summed E-state index contributed by atoms with van der Waals surface area (Å²) in [5.41, 5.74) is 0.573. The number of hydrogen-bond acceptors (Lipinski definition) is 7. The Hall–Kier alpha value is -3.85. The number of carbonyl (C=O) groups is 2. The van der Waals surface area contributed by atoms with E-state index in [-0.39, 0.29) is 17.5 Å². The van der Waals surface area contributed by atoms with Crippen LogP contribution in [0.2, 0.25) is 0 Å². The van der Waals surface area contributed by atoms with Crippen LogP contribution in [0.25, 0.3) is 0 Å². The van der Waals surface area contributed by atoms with Gasteiger partial charge in [0.15, 0.2) is 0 Å². The fourth-order valence-corrected chi connectivity index (χ4v) is 2.83. The van der Waals surface area contributed by atoms with Crippen LogP contribution in [0.15, 0.2) is 60.8 Å². The molecule has 0 fully saturated rings. The van der Waals surface area contributed by atoms with Gasteiger partial charge in [0.1, 0.15) is 35.6 Å². The zero-order valence-electron chi connectivity index (χ0n) is 20.7. The minimum atomic E-state index is -0.664. The topological polar surface area (TPSA) is 119 Å². The Morgan fingerprint density at radius 2 is 1.77 bits per heavy atom. The molecule has 9 nitrogen and oxygen atoms in total. The van der Waals surface area contributed by atoms with Crippen LogP contribution in [0.1, 0.15) is 43.6 Å². The van der Waals surface area contributed by atoms with Crippen molar-refractivity contribution in [1.29, 1.82) is 5.41 Å². The molecular weight excluding hydrogens is 450 g/mol. The smallest absolute Gasteiger partial charge is 0.411 e. The number of rotatable bonds is 10. The van der Waals surface area contributed by atoms with E-state index in [1.807, 2.05) is 37.3 Å². The van der Waals surface area contributed by atoms with Crippen LogP contribution in [0.5, 0.6) is 11.5 Å². The fourth-order valence-electron chi connectivity index (χ4n) is 2.83. The molecule has 0 aromatic heterocycles. The van der Waals surface area contributed by atoms with E-state index in [1.165, 1.54) is 12.3 Å². The highest BCUT2D eigenvalue weighted by Gasteiger charge is 2.16. The Morgan fingerprint density at radius 3 is 2.43 bits per heavy atom. The average molecular weight is 484 g/mol. The predicted octanol–water partition coefficient (Wildman–Crippen LogP) is 4.42. The predicted molar refractivity (Wildman–Crippen MR) is 133 cm³/mol. The number of methoxy groups -OCH3 is 1. The summed E-state index contributed by atoms with van der Waals surface area (Å²) in [5, 5.41) is 12.8. The number of hydrogen-bond donors (Lipinski definition) is 3. The quantitative estimate of drug-likeness (QED) is 0.340. The van der Waals surface area contributed by atoms with Crippen molar-refractivity contribution in [3.63, 3.8) is 0 Å². The lowest BCUT2D eigenvalue weighted by Crippen LogP contribution is -2.31. The molecule has 0 bridgehead atoms. The molecule has 0 unspecified atom stereocenters. The Balaban J connectivity index is 2.09. The van der Waals surface area contributed by atoms with Gasteiger partial charge < -0.3 is 24.3 Å². The maximum absolute atomic E-state index is 12.8. The highest BCUT2D eigenvalue weighted by molar-refractivity contribution is 6.09. The lowest BCUT2D eigenvalue weighted by atomic mass is 10.1. The first-order valence-electron chi connectivity index (χ1n) is 11.1.